The quantitative estimate of drug-likeness (QED) is 0.868. The molecule has 2 atom stereocenters. The molecule has 0 saturated heterocycles. The van der Waals surface area contributed by atoms with Gasteiger partial charge in [-0.15, -0.1) is 11.3 Å². The second-order valence-electron chi connectivity index (χ2n) is 3.53. The maximum absolute atomic E-state index is 9.99. The molecule has 1 rings (SSSR count). The van der Waals surface area contributed by atoms with Crippen LogP contribution in [0.25, 0.3) is 0 Å². The lowest BCUT2D eigenvalue weighted by Crippen LogP contribution is -2.25. The van der Waals surface area contributed by atoms with Gasteiger partial charge in [0.1, 0.15) is 6.10 Å². The van der Waals surface area contributed by atoms with E-state index in [9.17, 15) is 5.11 Å². The molecule has 4 heteroatoms. The van der Waals surface area contributed by atoms with Crippen molar-refractivity contribution in [2.75, 3.05) is 7.11 Å². The summed E-state index contributed by atoms with van der Waals surface area (Å²) in [7, 11) is 1.61. The molecule has 1 heterocycles. The van der Waals surface area contributed by atoms with Gasteiger partial charge in [0.25, 0.3) is 0 Å². The zero-order chi connectivity index (χ0) is 10.7. The van der Waals surface area contributed by atoms with Crippen molar-refractivity contribution < 1.29 is 9.84 Å². The average molecular weight is 235 g/mol. The maximum atomic E-state index is 9.99. The average Bonchev–Trinajstić information content (AvgIpc) is 2.52. The highest BCUT2D eigenvalue weighted by Crippen LogP contribution is 2.31. The minimum atomic E-state index is -0.586. The summed E-state index contributed by atoms with van der Waals surface area (Å²) >= 11 is 7.19. The molecular weight excluding hydrogens is 220 g/mol. The third-order valence-corrected chi connectivity index (χ3v) is 3.43. The number of hydrogen-bond donors (Lipinski definition) is 1. The fraction of sp³-hybridized carbons (Fsp3) is 0.600. The Labute approximate surface area is 93.5 Å². The highest BCUT2D eigenvalue weighted by atomic mass is 35.5. The lowest BCUT2D eigenvalue weighted by atomic mass is 10.0. The van der Waals surface area contributed by atoms with Crippen molar-refractivity contribution in [2.24, 2.45) is 5.92 Å². The molecule has 1 aromatic heterocycles. The first-order chi connectivity index (χ1) is 6.56. The van der Waals surface area contributed by atoms with E-state index in [1.54, 1.807) is 13.2 Å². The van der Waals surface area contributed by atoms with Crippen LogP contribution in [0.15, 0.2) is 12.1 Å². The Morgan fingerprint density at radius 1 is 1.43 bits per heavy atom. The lowest BCUT2D eigenvalue weighted by Gasteiger charge is -2.23. The van der Waals surface area contributed by atoms with Gasteiger partial charge in [-0.3, -0.25) is 0 Å². The Bertz CT molecular complexity index is 285. The summed E-state index contributed by atoms with van der Waals surface area (Å²) in [4.78, 5) is 0.857. The van der Waals surface area contributed by atoms with Crippen molar-refractivity contribution in [3.63, 3.8) is 0 Å². The van der Waals surface area contributed by atoms with E-state index >= 15 is 0 Å². The summed E-state index contributed by atoms with van der Waals surface area (Å²) in [5, 5.41) is 9.99. The molecule has 0 radical (unpaired) electrons. The second-order valence-corrected chi connectivity index (χ2v) is 5.28. The largest absolute Gasteiger partial charge is 0.385 e. The Morgan fingerprint density at radius 2 is 2.07 bits per heavy atom. The molecule has 2 unspecified atom stereocenters. The van der Waals surface area contributed by atoms with Crippen LogP contribution >= 0.6 is 22.9 Å². The van der Waals surface area contributed by atoms with Crippen molar-refractivity contribution in [2.45, 2.75) is 26.1 Å². The van der Waals surface area contributed by atoms with Crippen LogP contribution in [0.4, 0.5) is 0 Å². The van der Waals surface area contributed by atoms with Crippen LogP contribution in [-0.2, 0) is 4.74 Å². The van der Waals surface area contributed by atoms with E-state index in [2.05, 4.69) is 0 Å². The number of ether oxygens (including phenoxy) is 1. The van der Waals surface area contributed by atoms with Crippen LogP contribution in [-0.4, -0.2) is 18.3 Å². The highest BCUT2D eigenvalue weighted by molar-refractivity contribution is 7.16. The topological polar surface area (TPSA) is 29.5 Å². The molecule has 0 saturated carbocycles. The third-order valence-electron chi connectivity index (χ3n) is 2.13. The van der Waals surface area contributed by atoms with Crippen molar-refractivity contribution in [3.05, 3.63) is 21.3 Å². The Morgan fingerprint density at radius 3 is 2.43 bits per heavy atom. The van der Waals surface area contributed by atoms with Crippen molar-refractivity contribution in [1.82, 2.24) is 0 Å². The predicted molar refractivity (Wildman–Crippen MR) is 59.9 cm³/mol. The number of methoxy groups -OCH3 is 1. The van der Waals surface area contributed by atoms with Gasteiger partial charge in [0.05, 0.1) is 10.4 Å². The fourth-order valence-corrected chi connectivity index (χ4v) is 2.50. The molecule has 0 aliphatic carbocycles. The molecular formula is C10H15ClO2S. The molecule has 0 aliphatic rings. The van der Waals surface area contributed by atoms with E-state index in [1.165, 1.54) is 11.3 Å². The number of rotatable bonds is 4. The lowest BCUT2D eigenvalue weighted by molar-refractivity contribution is -0.0374. The van der Waals surface area contributed by atoms with Crippen LogP contribution in [0.5, 0.6) is 0 Å². The van der Waals surface area contributed by atoms with Crippen molar-refractivity contribution >= 4 is 22.9 Å². The minimum absolute atomic E-state index is 0.176. The normalized spacial score (nSPS) is 15.9. The molecule has 0 bridgehead atoms. The smallest absolute Gasteiger partial charge is 0.115 e. The molecule has 1 aromatic rings. The molecule has 0 amide bonds. The zero-order valence-corrected chi connectivity index (χ0v) is 10.1. The number of halogens is 1. The molecule has 0 aliphatic heterocycles. The SMILES string of the molecule is COC(C(C)C)C(O)c1ccc(Cl)s1. The van der Waals surface area contributed by atoms with E-state index < -0.39 is 6.10 Å². The van der Waals surface area contributed by atoms with Gasteiger partial charge < -0.3 is 9.84 Å². The van der Waals surface area contributed by atoms with E-state index in [1.807, 2.05) is 19.9 Å². The standard InChI is InChI=1S/C10H15ClO2S/c1-6(2)10(13-3)9(12)7-4-5-8(11)14-7/h4-6,9-10,12H,1-3H3. The summed E-state index contributed by atoms with van der Waals surface area (Å²) in [5.74, 6) is 0.274. The van der Waals surface area contributed by atoms with Crippen molar-refractivity contribution in [3.8, 4) is 0 Å². The summed E-state index contributed by atoms with van der Waals surface area (Å²) in [6.45, 7) is 4.04. The Kier molecular flexibility index (Phi) is 4.38. The summed E-state index contributed by atoms with van der Waals surface area (Å²) in [6, 6.07) is 3.63. The van der Waals surface area contributed by atoms with E-state index in [-0.39, 0.29) is 12.0 Å². The van der Waals surface area contributed by atoms with E-state index in [4.69, 9.17) is 16.3 Å². The maximum Gasteiger partial charge on any atom is 0.115 e. The van der Waals surface area contributed by atoms with Gasteiger partial charge in [0.15, 0.2) is 0 Å². The first kappa shape index (κ1) is 12.0. The van der Waals surface area contributed by atoms with Gasteiger partial charge in [-0.25, -0.2) is 0 Å². The predicted octanol–water partition coefficient (Wildman–Crippen LogP) is 3.11. The number of thiophene rings is 1. The number of aliphatic hydroxyl groups excluding tert-OH is 1. The van der Waals surface area contributed by atoms with E-state index in [0.717, 1.165) is 4.88 Å². The second kappa shape index (κ2) is 5.12. The zero-order valence-electron chi connectivity index (χ0n) is 8.53. The van der Waals surface area contributed by atoms with Gasteiger partial charge in [0.2, 0.25) is 0 Å². The number of aliphatic hydroxyl groups is 1. The van der Waals surface area contributed by atoms with Gasteiger partial charge in [-0.1, -0.05) is 25.4 Å². The van der Waals surface area contributed by atoms with Crippen LogP contribution in [0, 0.1) is 5.92 Å². The van der Waals surface area contributed by atoms with E-state index in [0.29, 0.717) is 4.34 Å². The minimum Gasteiger partial charge on any atom is -0.385 e. The van der Waals surface area contributed by atoms with Crippen LogP contribution < -0.4 is 0 Å². The molecule has 0 spiro atoms. The van der Waals surface area contributed by atoms with Gasteiger partial charge in [0, 0.05) is 12.0 Å². The highest BCUT2D eigenvalue weighted by Gasteiger charge is 2.24. The molecule has 14 heavy (non-hydrogen) atoms. The van der Waals surface area contributed by atoms with Crippen molar-refractivity contribution in [1.29, 1.82) is 0 Å². The fourth-order valence-electron chi connectivity index (χ4n) is 1.41. The molecule has 1 N–H and O–H groups in total. The first-order valence-electron chi connectivity index (χ1n) is 4.52. The third kappa shape index (κ3) is 2.70. The molecule has 0 fully saturated rings. The summed E-state index contributed by atoms with van der Waals surface area (Å²) in [5.41, 5.74) is 0. The van der Waals surface area contributed by atoms with Crippen LogP contribution in [0.2, 0.25) is 4.34 Å². The summed E-state index contributed by atoms with van der Waals surface area (Å²) < 4.78 is 5.94. The van der Waals surface area contributed by atoms with Gasteiger partial charge >= 0.3 is 0 Å². The molecule has 2 nitrogen and oxygen atoms in total. The Hall–Kier alpha value is -0.0900. The molecule has 0 aromatic carbocycles. The molecule has 80 valence electrons. The number of hydrogen-bond acceptors (Lipinski definition) is 3. The van der Waals surface area contributed by atoms with Gasteiger partial charge in [-0.05, 0) is 18.1 Å². The van der Waals surface area contributed by atoms with Crippen LogP contribution in [0.1, 0.15) is 24.8 Å². The Balaban J connectivity index is 2.77. The monoisotopic (exact) mass is 234 g/mol. The van der Waals surface area contributed by atoms with Gasteiger partial charge in [-0.2, -0.15) is 0 Å². The van der Waals surface area contributed by atoms with Crippen LogP contribution in [0.3, 0.4) is 0 Å². The first-order valence-corrected chi connectivity index (χ1v) is 5.71. The summed E-state index contributed by atoms with van der Waals surface area (Å²) in [6.07, 6.45) is -0.762.